The average molecular weight is 439 g/mol. The van der Waals surface area contributed by atoms with Crippen LogP contribution in [0.3, 0.4) is 0 Å². The quantitative estimate of drug-likeness (QED) is 0.658. The summed E-state index contributed by atoms with van der Waals surface area (Å²) in [6.45, 7) is 3.18. The molecule has 5 nitrogen and oxygen atoms in total. The van der Waals surface area contributed by atoms with E-state index in [9.17, 15) is 22.4 Å². The Kier molecular flexibility index (Phi) is 7.48. The second kappa shape index (κ2) is 10.1. The van der Waals surface area contributed by atoms with Gasteiger partial charge in [-0.05, 0) is 56.6 Å². The maximum absolute atomic E-state index is 13.2. The molecule has 2 heterocycles. The average Bonchev–Trinajstić information content (AvgIpc) is 2.72. The molecule has 0 spiro atoms. The summed E-state index contributed by atoms with van der Waals surface area (Å²) in [6.07, 6.45) is -2.57. The Bertz CT molecular complexity index is 866. The molecule has 0 saturated carbocycles. The molecule has 1 aliphatic rings. The Morgan fingerprint density at radius 2 is 2.00 bits per heavy atom. The molecule has 9 heteroatoms. The molecule has 1 amide bonds. The molecule has 1 aromatic carbocycles. The normalized spacial score (nSPS) is 16.7. The summed E-state index contributed by atoms with van der Waals surface area (Å²) in [5.41, 5.74) is 1.01. The summed E-state index contributed by atoms with van der Waals surface area (Å²) in [5, 5.41) is 2.84. The van der Waals surface area contributed by atoms with E-state index in [-0.39, 0.29) is 37.2 Å². The van der Waals surface area contributed by atoms with Gasteiger partial charge >= 0.3 is 6.18 Å². The van der Waals surface area contributed by atoms with Crippen LogP contribution in [0.1, 0.15) is 35.7 Å². The summed E-state index contributed by atoms with van der Waals surface area (Å²) >= 11 is 0. The van der Waals surface area contributed by atoms with Crippen LogP contribution in [0, 0.1) is 11.7 Å². The Balaban J connectivity index is 1.43. The van der Waals surface area contributed by atoms with Crippen LogP contribution in [0.4, 0.5) is 17.6 Å². The number of nitrogens with zero attached hydrogens (tertiary/aromatic N) is 2. The van der Waals surface area contributed by atoms with Gasteiger partial charge in [-0.15, -0.1) is 0 Å². The highest BCUT2D eigenvalue weighted by molar-refractivity contribution is 5.94. The minimum absolute atomic E-state index is 0.0885. The van der Waals surface area contributed by atoms with Gasteiger partial charge in [-0.1, -0.05) is 12.1 Å². The van der Waals surface area contributed by atoms with Gasteiger partial charge in [-0.3, -0.25) is 4.79 Å². The third kappa shape index (κ3) is 6.92. The van der Waals surface area contributed by atoms with Crippen molar-refractivity contribution in [1.82, 2.24) is 15.2 Å². The summed E-state index contributed by atoms with van der Waals surface area (Å²) in [4.78, 5) is 18.4. The molecule has 31 heavy (non-hydrogen) atoms. The molecule has 1 saturated heterocycles. The predicted molar refractivity (Wildman–Crippen MR) is 107 cm³/mol. The smallest absolute Gasteiger partial charge is 0.391 e. The van der Waals surface area contributed by atoms with E-state index in [4.69, 9.17) is 4.74 Å². The lowest BCUT2D eigenvalue weighted by Crippen LogP contribution is -2.46. The maximum Gasteiger partial charge on any atom is 0.391 e. The molecule has 1 aromatic heterocycles. The number of rotatable bonds is 7. The monoisotopic (exact) mass is 439 g/mol. The number of carbonyl (C=O) groups excluding carboxylic acids is 1. The van der Waals surface area contributed by atoms with Crippen molar-refractivity contribution in [1.29, 1.82) is 0 Å². The SMILES string of the molecule is CC(CN1CCC(C(F)(F)F)CC1)NC(=O)c1ccc(OCc2cccc(F)c2)nc1. The highest BCUT2D eigenvalue weighted by Gasteiger charge is 2.41. The Hall–Kier alpha value is -2.68. The molecule has 1 unspecified atom stereocenters. The number of aromatic nitrogens is 1. The minimum Gasteiger partial charge on any atom is -0.473 e. The molecule has 0 radical (unpaired) electrons. The fourth-order valence-corrected chi connectivity index (χ4v) is 3.57. The number of carbonyl (C=O) groups is 1. The molecular formula is C22H25F4N3O2. The minimum atomic E-state index is -4.13. The standard InChI is InChI=1S/C22H25F4N3O2/c1-15(13-29-9-7-18(8-10-29)22(24,25)26)28-21(30)17-5-6-20(27-12-17)31-14-16-3-2-4-19(23)11-16/h2-6,11-12,15,18H,7-10,13-14H2,1H3,(H,28,30). The van der Waals surface area contributed by atoms with Crippen molar-refractivity contribution in [3.05, 3.63) is 59.5 Å². The van der Waals surface area contributed by atoms with Gasteiger partial charge in [0.25, 0.3) is 5.91 Å². The number of amides is 1. The lowest BCUT2D eigenvalue weighted by Gasteiger charge is -2.34. The Morgan fingerprint density at radius 1 is 1.26 bits per heavy atom. The molecule has 1 fully saturated rings. The summed E-state index contributed by atoms with van der Waals surface area (Å²) < 4.78 is 57.0. The number of pyridine rings is 1. The first-order valence-electron chi connectivity index (χ1n) is 10.1. The van der Waals surface area contributed by atoms with Crippen LogP contribution in [-0.2, 0) is 6.61 Å². The topological polar surface area (TPSA) is 54.5 Å². The van der Waals surface area contributed by atoms with Gasteiger partial charge in [0.2, 0.25) is 5.88 Å². The number of nitrogens with one attached hydrogen (secondary N) is 1. The molecule has 0 bridgehead atoms. The van der Waals surface area contributed by atoms with Crippen LogP contribution < -0.4 is 10.1 Å². The summed E-state index contributed by atoms with van der Waals surface area (Å²) in [6, 6.07) is 8.95. The van der Waals surface area contributed by atoms with E-state index in [0.717, 1.165) is 0 Å². The highest BCUT2D eigenvalue weighted by Crippen LogP contribution is 2.34. The fraction of sp³-hybridized carbons (Fsp3) is 0.455. The van der Waals surface area contributed by atoms with Gasteiger partial charge in [0.15, 0.2) is 0 Å². The second-order valence-corrected chi connectivity index (χ2v) is 7.79. The van der Waals surface area contributed by atoms with Crippen LogP contribution in [0.15, 0.2) is 42.6 Å². The van der Waals surface area contributed by atoms with Gasteiger partial charge in [0.1, 0.15) is 12.4 Å². The first kappa shape index (κ1) is 23.0. The largest absolute Gasteiger partial charge is 0.473 e. The van der Waals surface area contributed by atoms with Crippen LogP contribution in [-0.4, -0.2) is 47.6 Å². The molecule has 3 rings (SSSR count). The number of benzene rings is 1. The highest BCUT2D eigenvalue weighted by atomic mass is 19.4. The van der Waals surface area contributed by atoms with Crippen molar-refractivity contribution in [2.75, 3.05) is 19.6 Å². The maximum atomic E-state index is 13.2. The van der Waals surface area contributed by atoms with Crippen molar-refractivity contribution in [3.63, 3.8) is 0 Å². The number of alkyl halides is 3. The van der Waals surface area contributed by atoms with Crippen LogP contribution in [0.2, 0.25) is 0 Å². The number of piperidine rings is 1. The van der Waals surface area contributed by atoms with Crippen LogP contribution >= 0.6 is 0 Å². The van der Waals surface area contributed by atoms with Crippen LogP contribution in [0.5, 0.6) is 5.88 Å². The molecule has 1 aliphatic heterocycles. The molecule has 1 atom stereocenters. The lowest BCUT2D eigenvalue weighted by molar-refractivity contribution is -0.185. The zero-order valence-corrected chi connectivity index (χ0v) is 17.2. The number of likely N-dealkylation sites (tertiary alicyclic amines) is 1. The van der Waals surface area contributed by atoms with E-state index in [1.807, 2.05) is 11.8 Å². The number of hydrogen-bond acceptors (Lipinski definition) is 4. The van der Waals surface area contributed by atoms with E-state index >= 15 is 0 Å². The number of hydrogen-bond donors (Lipinski definition) is 1. The molecule has 1 N–H and O–H groups in total. The van der Waals surface area contributed by atoms with Crippen LogP contribution in [0.25, 0.3) is 0 Å². The second-order valence-electron chi connectivity index (χ2n) is 7.79. The first-order chi connectivity index (χ1) is 14.7. The van der Waals surface area contributed by atoms with E-state index in [1.54, 1.807) is 24.3 Å². The number of ether oxygens (including phenoxy) is 1. The first-order valence-corrected chi connectivity index (χ1v) is 10.1. The fourth-order valence-electron chi connectivity index (χ4n) is 3.57. The molecule has 0 aliphatic carbocycles. The Morgan fingerprint density at radius 3 is 2.61 bits per heavy atom. The van der Waals surface area contributed by atoms with E-state index in [2.05, 4.69) is 10.3 Å². The van der Waals surface area contributed by atoms with E-state index in [0.29, 0.717) is 36.6 Å². The third-order valence-corrected chi connectivity index (χ3v) is 5.23. The van der Waals surface area contributed by atoms with Gasteiger partial charge in [0.05, 0.1) is 11.5 Å². The zero-order chi connectivity index (χ0) is 22.4. The third-order valence-electron chi connectivity index (χ3n) is 5.23. The molecular weight excluding hydrogens is 414 g/mol. The van der Waals surface area contributed by atoms with Crippen molar-refractivity contribution in [2.45, 2.75) is 38.6 Å². The van der Waals surface area contributed by atoms with Gasteiger partial charge in [0, 0.05) is 24.8 Å². The zero-order valence-electron chi connectivity index (χ0n) is 17.2. The van der Waals surface area contributed by atoms with E-state index in [1.165, 1.54) is 18.3 Å². The van der Waals surface area contributed by atoms with E-state index < -0.39 is 12.1 Å². The Labute approximate surface area is 178 Å². The lowest BCUT2D eigenvalue weighted by atomic mass is 9.96. The van der Waals surface area contributed by atoms with Crippen molar-refractivity contribution in [2.24, 2.45) is 5.92 Å². The molecule has 2 aromatic rings. The molecule has 168 valence electrons. The number of halogens is 4. The predicted octanol–water partition coefficient (Wildman–Crippen LogP) is 4.19. The summed E-state index contributed by atoms with van der Waals surface area (Å²) in [5.74, 6) is -1.59. The van der Waals surface area contributed by atoms with Gasteiger partial charge < -0.3 is 15.0 Å². The van der Waals surface area contributed by atoms with Gasteiger partial charge in [-0.2, -0.15) is 13.2 Å². The van der Waals surface area contributed by atoms with Crippen molar-refractivity contribution in [3.8, 4) is 5.88 Å². The van der Waals surface area contributed by atoms with Crippen molar-refractivity contribution < 1.29 is 27.1 Å². The van der Waals surface area contributed by atoms with Crippen molar-refractivity contribution >= 4 is 5.91 Å². The summed E-state index contributed by atoms with van der Waals surface area (Å²) in [7, 11) is 0. The van der Waals surface area contributed by atoms with Gasteiger partial charge in [-0.25, -0.2) is 9.37 Å².